The van der Waals surface area contributed by atoms with Gasteiger partial charge in [-0.25, -0.2) is 9.78 Å². The molecule has 0 spiro atoms. The Hall–Kier alpha value is -2.84. The van der Waals surface area contributed by atoms with Crippen molar-refractivity contribution in [3.63, 3.8) is 0 Å². The Morgan fingerprint density at radius 2 is 1.61 bits per heavy atom. The van der Waals surface area contributed by atoms with Gasteiger partial charge in [-0.15, -0.1) is 0 Å². The molecule has 2 atom stereocenters. The normalized spacial score (nSPS) is 20.1. The smallest absolute Gasteiger partial charge is 0.416 e. The number of benzene rings is 1. The minimum absolute atomic E-state index is 0.150. The van der Waals surface area contributed by atoms with E-state index in [0.717, 1.165) is 12.1 Å². The van der Waals surface area contributed by atoms with E-state index in [1.54, 1.807) is 30.6 Å². The minimum Gasteiger partial charge on any atom is -0.444 e. The molecule has 0 aliphatic carbocycles. The van der Waals surface area contributed by atoms with Gasteiger partial charge in [-0.2, -0.15) is 13.2 Å². The van der Waals surface area contributed by atoms with Gasteiger partial charge in [0.1, 0.15) is 11.3 Å². The van der Waals surface area contributed by atoms with E-state index in [2.05, 4.69) is 4.98 Å². The Morgan fingerprint density at radius 1 is 1.00 bits per heavy atom. The molecule has 0 N–H and O–H groups in total. The second kappa shape index (κ2) is 8.01. The van der Waals surface area contributed by atoms with E-state index in [1.807, 2.05) is 13.8 Å². The van der Waals surface area contributed by atoms with Crippen molar-refractivity contribution >= 4 is 22.9 Å². The number of hydrogen-bond donors (Lipinski definition) is 0. The zero-order valence-corrected chi connectivity index (χ0v) is 18.2. The number of fused-ring (bicyclic) bond motifs is 1. The maximum atomic E-state index is 13.1. The molecule has 9 heteroatoms. The van der Waals surface area contributed by atoms with Crippen molar-refractivity contribution in [3.8, 4) is 0 Å². The Kier molecular flexibility index (Phi) is 5.90. The van der Waals surface area contributed by atoms with E-state index in [1.165, 1.54) is 18.2 Å². The minimum atomic E-state index is -4.44. The molecular weight excluding hydrogens is 411 g/mol. The second-order valence-electron chi connectivity index (χ2n) is 8.89. The lowest BCUT2D eigenvalue weighted by molar-refractivity contribution is -0.137. The third-order valence-electron chi connectivity index (χ3n) is 5.11. The Morgan fingerprint density at radius 3 is 2.23 bits per heavy atom. The molecular formula is C22H26F3N3O3. The summed E-state index contributed by atoms with van der Waals surface area (Å²) in [6, 6.07) is 5.60. The Balaban J connectivity index is 1.78. The highest BCUT2D eigenvalue weighted by atomic mass is 19.4. The van der Waals surface area contributed by atoms with Crippen molar-refractivity contribution in [2.24, 2.45) is 0 Å². The van der Waals surface area contributed by atoms with E-state index in [4.69, 9.17) is 4.74 Å². The summed E-state index contributed by atoms with van der Waals surface area (Å²) in [5.41, 5.74) is -0.917. The number of carbonyl (C=O) groups excluding carboxylic acids is 2. The van der Waals surface area contributed by atoms with Gasteiger partial charge in [0.2, 0.25) is 0 Å². The van der Waals surface area contributed by atoms with E-state index in [0.29, 0.717) is 24.0 Å². The monoisotopic (exact) mass is 437 g/mol. The number of alkyl halides is 3. The number of ether oxygens (including phenoxy) is 1. The highest BCUT2D eigenvalue weighted by molar-refractivity contribution is 5.95. The molecule has 0 radical (unpaired) electrons. The summed E-state index contributed by atoms with van der Waals surface area (Å²) >= 11 is 0. The maximum absolute atomic E-state index is 13.1. The molecule has 2 amide bonds. The highest BCUT2D eigenvalue weighted by Gasteiger charge is 2.37. The van der Waals surface area contributed by atoms with Crippen molar-refractivity contribution in [3.05, 3.63) is 41.6 Å². The van der Waals surface area contributed by atoms with Crippen molar-refractivity contribution in [1.29, 1.82) is 0 Å². The predicted octanol–water partition coefficient (Wildman–Crippen LogP) is 4.72. The average Bonchev–Trinajstić information content (AvgIpc) is 2.66. The first-order valence-corrected chi connectivity index (χ1v) is 10.0. The average molecular weight is 437 g/mol. The van der Waals surface area contributed by atoms with Gasteiger partial charge in [0.05, 0.1) is 11.1 Å². The Labute approximate surface area is 179 Å². The molecule has 1 aliphatic rings. The first-order valence-electron chi connectivity index (χ1n) is 10.0. The predicted molar refractivity (Wildman–Crippen MR) is 110 cm³/mol. The molecule has 0 unspecified atom stereocenters. The molecule has 168 valence electrons. The molecule has 2 aromatic rings. The molecule has 1 aromatic carbocycles. The number of pyridine rings is 1. The summed E-state index contributed by atoms with van der Waals surface area (Å²) in [5, 5.41) is 0.308. The third kappa shape index (κ3) is 5.08. The van der Waals surface area contributed by atoms with E-state index >= 15 is 0 Å². The number of aromatic nitrogens is 1. The first kappa shape index (κ1) is 22.8. The van der Waals surface area contributed by atoms with Crippen LogP contribution in [0.25, 0.3) is 10.9 Å². The quantitative estimate of drug-likeness (QED) is 0.648. The maximum Gasteiger partial charge on any atom is 0.416 e. The molecule has 1 saturated heterocycles. The van der Waals surface area contributed by atoms with Crippen LogP contribution in [-0.2, 0) is 10.9 Å². The molecule has 3 rings (SSSR count). The number of amides is 2. The van der Waals surface area contributed by atoms with E-state index in [-0.39, 0.29) is 23.7 Å². The zero-order chi connectivity index (χ0) is 23.1. The van der Waals surface area contributed by atoms with Crippen molar-refractivity contribution < 1.29 is 27.5 Å². The summed E-state index contributed by atoms with van der Waals surface area (Å²) in [4.78, 5) is 33.1. The van der Waals surface area contributed by atoms with Gasteiger partial charge in [0.25, 0.3) is 5.91 Å². The largest absolute Gasteiger partial charge is 0.444 e. The van der Waals surface area contributed by atoms with E-state index < -0.39 is 23.4 Å². The second-order valence-corrected chi connectivity index (χ2v) is 8.89. The SMILES string of the molecule is C[C@@H]1CN(C(=O)OC(C)(C)C)[C@@H](C)CN1C(=O)c1ccc2cc(C(F)(F)F)ccc2n1. The topological polar surface area (TPSA) is 62.7 Å². The lowest BCUT2D eigenvalue weighted by Crippen LogP contribution is -2.60. The standard InChI is InChI=1S/C22H26F3N3O3/c1-13-12-28(20(30)31-21(3,4)5)14(2)11-27(13)19(29)18-8-6-15-10-16(22(23,24)25)7-9-17(15)26-18/h6-10,13-14H,11-12H2,1-5H3/t13-,14+/m1/s1. The molecule has 1 fully saturated rings. The molecule has 0 bridgehead atoms. The summed E-state index contributed by atoms with van der Waals surface area (Å²) in [6.45, 7) is 9.65. The van der Waals surface area contributed by atoms with Crippen LogP contribution < -0.4 is 0 Å². The van der Waals surface area contributed by atoms with Gasteiger partial charge >= 0.3 is 12.3 Å². The van der Waals surface area contributed by atoms with Gasteiger partial charge in [0.15, 0.2) is 0 Å². The molecule has 6 nitrogen and oxygen atoms in total. The highest BCUT2D eigenvalue weighted by Crippen LogP contribution is 2.31. The number of nitrogens with zero attached hydrogens (tertiary/aromatic N) is 3. The number of piperazine rings is 1. The van der Waals surface area contributed by atoms with Crippen molar-refractivity contribution in [2.45, 2.75) is 58.5 Å². The van der Waals surface area contributed by atoms with Crippen LogP contribution in [-0.4, -0.2) is 57.6 Å². The van der Waals surface area contributed by atoms with Gasteiger partial charge in [0, 0.05) is 30.6 Å². The fraction of sp³-hybridized carbons (Fsp3) is 0.500. The van der Waals surface area contributed by atoms with Crippen LogP contribution in [0.1, 0.15) is 50.7 Å². The van der Waals surface area contributed by atoms with Crippen molar-refractivity contribution in [1.82, 2.24) is 14.8 Å². The van der Waals surface area contributed by atoms with Crippen LogP contribution in [0.3, 0.4) is 0 Å². The van der Waals surface area contributed by atoms with E-state index in [9.17, 15) is 22.8 Å². The fourth-order valence-corrected chi connectivity index (χ4v) is 3.55. The molecule has 1 aliphatic heterocycles. The van der Waals surface area contributed by atoms with Crippen LogP contribution in [0.5, 0.6) is 0 Å². The zero-order valence-electron chi connectivity index (χ0n) is 18.2. The molecule has 2 heterocycles. The van der Waals surface area contributed by atoms with Gasteiger partial charge in [-0.05, 0) is 58.9 Å². The number of hydrogen-bond acceptors (Lipinski definition) is 4. The van der Waals surface area contributed by atoms with Crippen LogP contribution in [0.15, 0.2) is 30.3 Å². The van der Waals surface area contributed by atoms with Crippen LogP contribution in [0.4, 0.5) is 18.0 Å². The third-order valence-corrected chi connectivity index (χ3v) is 5.11. The first-order chi connectivity index (χ1) is 14.3. The summed E-state index contributed by atoms with van der Waals surface area (Å²) in [7, 11) is 0. The van der Waals surface area contributed by atoms with Gasteiger partial charge in [-0.1, -0.05) is 6.07 Å². The van der Waals surface area contributed by atoms with Crippen LogP contribution in [0.2, 0.25) is 0 Å². The molecule has 1 aromatic heterocycles. The van der Waals surface area contributed by atoms with Crippen LogP contribution >= 0.6 is 0 Å². The van der Waals surface area contributed by atoms with Crippen molar-refractivity contribution in [2.75, 3.05) is 13.1 Å². The lowest BCUT2D eigenvalue weighted by Gasteiger charge is -2.44. The number of rotatable bonds is 1. The molecule has 31 heavy (non-hydrogen) atoms. The Bertz CT molecular complexity index is 1000. The van der Waals surface area contributed by atoms with Gasteiger partial charge in [-0.3, -0.25) is 4.79 Å². The number of carbonyl (C=O) groups is 2. The summed E-state index contributed by atoms with van der Waals surface area (Å²) in [6.07, 6.45) is -4.87. The number of halogens is 3. The summed E-state index contributed by atoms with van der Waals surface area (Å²) in [5.74, 6) is -0.329. The lowest BCUT2D eigenvalue weighted by atomic mass is 10.1. The summed E-state index contributed by atoms with van der Waals surface area (Å²) < 4.78 is 44.2. The fourth-order valence-electron chi connectivity index (χ4n) is 3.55. The van der Waals surface area contributed by atoms with Gasteiger partial charge < -0.3 is 14.5 Å². The van der Waals surface area contributed by atoms with Crippen LogP contribution in [0, 0.1) is 0 Å². The molecule has 0 saturated carbocycles.